The quantitative estimate of drug-likeness (QED) is 0.369. The fourth-order valence-electron chi connectivity index (χ4n) is 3.71. The van der Waals surface area contributed by atoms with E-state index in [1.54, 1.807) is 69.3 Å². The average molecular weight is 498 g/mol. The van der Waals surface area contributed by atoms with Crippen LogP contribution in [0.25, 0.3) is 5.57 Å². The molecule has 1 atom stereocenters. The molecule has 9 nitrogen and oxygen atoms in total. The maximum atomic E-state index is 13.8. The highest BCUT2D eigenvalue weighted by Gasteiger charge is 2.58. The minimum Gasteiger partial charge on any atom is -0.394 e. The van der Waals surface area contributed by atoms with Crippen molar-refractivity contribution >= 4 is 27.3 Å². The molecular weight excluding hydrogens is 466 g/mol. The molecule has 1 aliphatic rings. The molecule has 0 unspecified atom stereocenters. The topological polar surface area (TPSA) is 147 Å². The number of nitrogens with zero attached hydrogens (tertiary/aromatic N) is 2. The van der Waals surface area contributed by atoms with Crippen LogP contribution in [-0.2, 0) is 14.6 Å². The number of nitrogens with one attached hydrogen (secondary N) is 2. The van der Waals surface area contributed by atoms with Gasteiger partial charge < -0.3 is 21.5 Å². The number of amides is 2. The van der Waals surface area contributed by atoms with Crippen molar-refractivity contribution in [2.75, 3.05) is 11.9 Å². The van der Waals surface area contributed by atoms with Gasteiger partial charge in [-0.15, -0.1) is 0 Å². The Labute approximate surface area is 205 Å². The van der Waals surface area contributed by atoms with E-state index in [-0.39, 0.29) is 23.4 Å². The van der Waals surface area contributed by atoms with Crippen LogP contribution >= 0.6 is 0 Å². The molecule has 0 radical (unpaired) electrons. The Kier molecular flexibility index (Phi) is 7.76. The van der Waals surface area contributed by atoms with Gasteiger partial charge in [-0.2, -0.15) is 0 Å². The molecule has 1 saturated carbocycles. The van der Waals surface area contributed by atoms with E-state index in [0.717, 1.165) is 0 Å². The summed E-state index contributed by atoms with van der Waals surface area (Å²) in [6.07, 6.45) is 5.69. The number of allylic oxidation sites excluding steroid dienone is 5. The number of nitrogens with two attached hydrogens (primary N) is 1. The van der Waals surface area contributed by atoms with Crippen molar-refractivity contribution in [3.63, 3.8) is 0 Å². The Bertz CT molecular complexity index is 1300. The van der Waals surface area contributed by atoms with Crippen LogP contribution in [-0.4, -0.2) is 42.2 Å². The first-order chi connectivity index (χ1) is 16.5. The van der Waals surface area contributed by atoms with Crippen molar-refractivity contribution < 1.29 is 18.3 Å². The highest BCUT2D eigenvalue weighted by molar-refractivity contribution is 7.92. The predicted octanol–water partition coefficient (Wildman–Crippen LogP) is 3.18. The number of urea groups is 1. The van der Waals surface area contributed by atoms with Gasteiger partial charge in [0.05, 0.1) is 17.2 Å². The number of anilines is 1. The van der Waals surface area contributed by atoms with Crippen molar-refractivity contribution in [1.29, 1.82) is 0 Å². The molecule has 0 spiro atoms. The third-order valence-corrected chi connectivity index (χ3v) is 8.46. The van der Waals surface area contributed by atoms with E-state index in [1.165, 1.54) is 0 Å². The third kappa shape index (κ3) is 5.60. The number of carbonyl (C=O) groups is 1. The number of aryl methyl sites for hydroxylation is 1. The Balaban J connectivity index is 2.14. The van der Waals surface area contributed by atoms with Gasteiger partial charge in [0.15, 0.2) is 15.7 Å². The van der Waals surface area contributed by atoms with Gasteiger partial charge in [-0.25, -0.2) is 23.2 Å². The number of hydrogen-bond acceptors (Lipinski definition) is 7. The summed E-state index contributed by atoms with van der Waals surface area (Å²) in [5, 5.41) is 15.1. The fourth-order valence-corrected chi connectivity index (χ4v) is 5.90. The van der Waals surface area contributed by atoms with Gasteiger partial charge in [-0.3, -0.25) is 0 Å². The molecule has 2 amide bonds. The molecule has 1 fully saturated rings. The van der Waals surface area contributed by atoms with Crippen molar-refractivity contribution in [1.82, 2.24) is 15.3 Å². The van der Waals surface area contributed by atoms with Crippen LogP contribution in [0, 0.1) is 6.92 Å². The monoisotopic (exact) mass is 497 g/mol. The number of primary amides is 1. The van der Waals surface area contributed by atoms with E-state index in [2.05, 4.69) is 27.2 Å². The van der Waals surface area contributed by atoms with Crippen molar-refractivity contribution in [2.24, 2.45) is 5.73 Å². The predicted molar refractivity (Wildman–Crippen MR) is 136 cm³/mol. The summed E-state index contributed by atoms with van der Waals surface area (Å²) in [4.78, 5) is 20.6. The number of benzene rings is 1. The lowest BCUT2D eigenvalue weighted by molar-refractivity contribution is 0.251. The van der Waals surface area contributed by atoms with E-state index >= 15 is 0 Å². The van der Waals surface area contributed by atoms with E-state index in [4.69, 9.17) is 5.73 Å². The standard InChI is InChI=1S/C25H31N5O4S/c1-5-19(11-10-17(3)28-24(26)32)23-29-21(14-22(30-23)27-18(4)15-31)25(12-13-25)35(33,34)20-9-7-6-8-16(20)2/h5-11,14,18,31H,1,12-13,15H2,2-4H3,(H3,26,28,32)(H,27,29,30)/b17-10+,19-11+/t18-/m0/s1. The van der Waals surface area contributed by atoms with Gasteiger partial charge >= 0.3 is 6.03 Å². The molecule has 2 aromatic rings. The zero-order valence-electron chi connectivity index (χ0n) is 20.1. The smallest absolute Gasteiger partial charge is 0.316 e. The summed E-state index contributed by atoms with van der Waals surface area (Å²) in [5.74, 6) is 0.654. The minimum atomic E-state index is -3.74. The first-order valence-electron chi connectivity index (χ1n) is 11.2. The molecule has 186 valence electrons. The molecule has 3 rings (SSSR count). The summed E-state index contributed by atoms with van der Waals surface area (Å²) >= 11 is 0. The van der Waals surface area contributed by atoms with Gasteiger partial charge in [0.2, 0.25) is 0 Å². The van der Waals surface area contributed by atoms with Crippen LogP contribution in [0.4, 0.5) is 10.6 Å². The second-order valence-corrected chi connectivity index (χ2v) is 10.8. The minimum absolute atomic E-state index is 0.133. The molecular formula is C25H31N5O4S. The summed E-state index contributed by atoms with van der Waals surface area (Å²) in [6.45, 7) is 8.92. The Morgan fingerprint density at radius 2 is 1.97 bits per heavy atom. The van der Waals surface area contributed by atoms with E-state index in [1.807, 2.05) is 0 Å². The van der Waals surface area contributed by atoms with Crippen LogP contribution in [0.1, 0.15) is 43.8 Å². The molecule has 1 heterocycles. The molecule has 1 aromatic carbocycles. The summed E-state index contributed by atoms with van der Waals surface area (Å²) in [7, 11) is -3.74. The van der Waals surface area contributed by atoms with Crippen LogP contribution in [0.2, 0.25) is 0 Å². The first kappa shape index (κ1) is 26.1. The van der Waals surface area contributed by atoms with Gasteiger partial charge in [0, 0.05) is 23.4 Å². The maximum absolute atomic E-state index is 13.8. The number of hydrogen-bond donors (Lipinski definition) is 4. The molecule has 5 N–H and O–H groups in total. The number of aromatic nitrogens is 2. The second kappa shape index (κ2) is 10.4. The highest BCUT2D eigenvalue weighted by Crippen LogP contribution is 2.55. The number of sulfone groups is 1. The van der Waals surface area contributed by atoms with E-state index in [0.29, 0.717) is 41.2 Å². The summed E-state index contributed by atoms with van der Waals surface area (Å²) in [6, 6.07) is 7.54. The van der Waals surface area contributed by atoms with Gasteiger partial charge in [0.1, 0.15) is 10.6 Å². The normalized spacial score (nSPS) is 16.3. The Morgan fingerprint density at radius 3 is 2.54 bits per heavy atom. The SMILES string of the molecule is C=C/C(=C\C=C(/C)NC(N)=O)c1nc(N[C@@H](C)CO)cc(C2(S(=O)(=O)c3ccccc3C)CC2)n1. The highest BCUT2D eigenvalue weighted by atomic mass is 32.2. The zero-order valence-corrected chi connectivity index (χ0v) is 20.9. The lowest BCUT2D eigenvalue weighted by Crippen LogP contribution is -2.27. The third-order valence-electron chi connectivity index (χ3n) is 5.77. The Hall–Kier alpha value is -3.50. The van der Waals surface area contributed by atoms with Crippen LogP contribution in [0.5, 0.6) is 0 Å². The fraction of sp³-hybridized carbons (Fsp3) is 0.320. The lowest BCUT2D eigenvalue weighted by Gasteiger charge is -2.20. The van der Waals surface area contributed by atoms with Gasteiger partial charge in [-0.05, 0) is 57.4 Å². The lowest BCUT2D eigenvalue weighted by atomic mass is 10.2. The second-order valence-electron chi connectivity index (χ2n) is 8.62. The molecule has 1 aliphatic carbocycles. The van der Waals surface area contributed by atoms with Crippen LogP contribution in [0.3, 0.4) is 0 Å². The van der Waals surface area contributed by atoms with Gasteiger partial charge in [0.25, 0.3) is 0 Å². The van der Waals surface area contributed by atoms with Crippen molar-refractivity contribution in [3.05, 3.63) is 77.9 Å². The summed E-state index contributed by atoms with van der Waals surface area (Å²) in [5.41, 5.74) is 7.22. The number of aliphatic hydroxyl groups excluding tert-OH is 1. The van der Waals surface area contributed by atoms with E-state index < -0.39 is 20.6 Å². The van der Waals surface area contributed by atoms with Crippen LogP contribution in [0.15, 0.2) is 65.7 Å². The molecule has 10 heteroatoms. The largest absolute Gasteiger partial charge is 0.394 e. The van der Waals surface area contributed by atoms with E-state index in [9.17, 15) is 18.3 Å². The number of aliphatic hydroxyl groups is 1. The van der Waals surface area contributed by atoms with Crippen molar-refractivity contribution in [2.45, 2.75) is 49.3 Å². The number of carbonyl (C=O) groups excluding carboxylic acids is 1. The van der Waals surface area contributed by atoms with Crippen molar-refractivity contribution in [3.8, 4) is 0 Å². The first-order valence-corrected chi connectivity index (χ1v) is 12.7. The number of rotatable bonds is 10. The molecule has 0 saturated heterocycles. The van der Waals surface area contributed by atoms with Gasteiger partial charge in [-0.1, -0.05) is 30.9 Å². The average Bonchev–Trinajstić information content (AvgIpc) is 3.62. The molecule has 35 heavy (non-hydrogen) atoms. The molecule has 1 aromatic heterocycles. The van der Waals surface area contributed by atoms with Crippen LogP contribution < -0.4 is 16.4 Å². The molecule has 0 aliphatic heterocycles. The Morgan fingerprint density at radius 1 is 1.29 bits per heavy atom. The molecule has 0 bridgehead atoms. The maximum Gasteiger partial charge on any atom is 0.316 e. The zero-order chi connectivity index (χ0) is 25.8. The summed E-state index contributed by atoms with van der Waals surface area (Å²) < 4.78 is 26.4.